The molecule has 240 valence electrons. The van der Waals surface area contributed by atoms with Gasteiger partial charge in [0.05, 0.1) is 12.9 Å². The predicted octanol–water partition coefficient (Wildman–Crippen LogP) is 6.32. The molecule has 1 fully saturated rings. The highest BCUT2D eigenvalue weighted by Crippen LogP contribution is 2.44. The van der Waals surface area contributed by atoms with Crippen LogP contribution in [0.1, 0.15) is 65.1 Å². The number of carbonyl (C=O) groups excluding carboxylic acids is 2. The summed E-state index contributed by atoms with van der Waals surface area (Å²) in [5.74, 6) is -0.463. The van der Waals surface area contributed by atoms with Crippen LogP contribution >= 0.6 is 0 Å². The number of benzene rings is 1. The fourth-order valence-corrected chi connectivity index (χ4v) is 6.75. The number of nitrogens with zero attached hydrogens (tertiary/aromatic N) is 4. The molecule has 4 rings (SSSR count). The third-order valence-electron chi connectivity index (χ3n) is 9.14. The first kappa shape index (κ1) is 33.9. The van der Waals surface area contributed by atoms with Gasteiger partial charge >= 0.3 is 5.97 Å². The highest BCUT2D eigenvalue weighted by Gasteiger charge is 2.53. The van der Waals surface area contributed by atoms with Crippen LogP contribution in [0.2, 0.25) is 36.3 Å². The van der Waals surface area contributed by atoms with Gasteiger partial charge in [-0.1, -0.05) is 59.7 Å². The molecule has 11 nitrogen and oxygen atoms in total. The van der Waals surface area contributed by atoms with Crippen LogP contribution in [-0.4, -0.2) is 72.9 Å². The standard InChI is InChI=1S/C31H47N5O6Si2/c1-20(37)40-24-22(17-39-43(8,9)30(2,3)4)41-29(25(24)42-44(10,11)31(5,6)7)36-19-34-23-26(32-18-33-27(23)36)35-28(38)21-15-13-12-14-16-21/h12-16,18-19,22,24-25,29H,17H2,1-11H3,(H,32,33,35,38)/t22-,24-,25-,29-/m1/s1. The molecule has 0 unspecified atom stereocenters. The topological polar surface area (TPSA) is 127 Å². The molecule has 0 aliphatic carbocycles. The number of amides is 1. The van der Waals surface area contributed by atoms with Gasteiger partial charge < -0.3 is 23.6 Å². The lowest BCUT2D eigenvalue weighted by atomic mass is 10.1. The van der Waals surface area contributed by atoms with Gasteiger partial charge in [0.1, 0.15) is 18.5 Å². The number of ether oxygens (including phenoxy) is 2. The number of aromatic nitrogens is 4. The maximum atomic E-state index is 12.9. The Balaban J connectivity index is 1.75. The van der Waals surface area contributed by atoms with Crippen molar-refractivity contribution in [3.8, 4) is 0 Å². The van der Waals surface area contributed by atoms with Gasteiger partial charge in [-0.05, 0) is 48.4 Å². The quantitative estimate of drug-likeness (QED) is 0.211. The molecule has 3 aromatic rings. The van der Waals surface area contributed by atoms with Crippen molar-refractivity contribution in [2.24, 2.45) is 0 Å². The number of hydrogen-bond acceptors (Lipinski definition) is 9. The summed E-state index contributed by atoms with van der Waals surface area (Å²) in [5.41, 5.74) is 1.34. The van der Waals surface area contributed by atoms with Gasteiger partial charge in [0, 0.05) is 12.5 Å². The number of carbonyl (C=O) groups is 2. The summed E-state index contributed by atoms with van der Waals surface area (Å²) in [6.45, 7) is 23.3. The zero-order valence-corrected chi connectivity index (χ0v) is 29.8. The lowest BCUT2D eigenvalue weighted by Crippen LogP contribution is -2.50. The molecular formula is C31H47N5O6Si2. The first-order chi connectivity index (χ1) is 20.3. The average molecular weight is 642 g/mol. The van der Waals surface area contributed by atoms with E-state index >= 15 is 0 Å². The second-order valence-corrected chi connectivity index (χ2v) is 24.0. The Morgan fingerprint density at radius 1 is 0.932 bits per heavy atom. The van der Waals surface area contributed by atoms with Crippen molar-refractivity contribution < 1.29 is 27.9 Å². The highest BCUT2D eigenvalue weighted by atomic mass is 28.4. The van der Waals surface area contributed by atoms with Gasteiger partial charge in [-0.3, -0.25) is 14.2 Å². The van der Waals surface area contributed by atoms with Crippen LogP contribution in [0.5, 0.6) is 0 Å². The second-order valence-electron chi connectivity index (χ2n) is 14.4. The van der Waals surface area contributed by atoms with Crippen molar-refractivity contribution in [2.75, 3.05) is 11.9 Å². The molecule has 1 aromatic carbocycles. The lowest BCUT2D eigenvalue weighted by molar-refractivity contribution is -0.153. The zero-order valence-electron chi connectivity index (χ0n) is 27.8. The van der Waals surface area contributed by atoms with E-state index in [1.807, 2.05) is 6.07 Å². The largest absolute Gasteiger partial charge is 0.457 e. The number of fused-ring (bicyclic) bond motifs is 1. The first-order valence-electron chi connectivity index (χ1n) is 15.0. The Morgan fingerprint density at radius 2 is 1.57 bits per heavy atom. The molecule has 44 heavy (non-hydrogen) atoms. The molecule has 2 aromatic heterocycles. The van der Waals surface area contributed by atoms with E-state index in [1.54, 1.807) is 35.2 Å². The van der Waals surface area contributed by atoms with Crippen molar-refractivity contribution in [3.63, 3.8) is 0 Å². The minimum absolute atomic E-state index is 0.0168. The van der Waals surface area contributed by atoms with E-state index in [0.717, 1.165) is 0 Å². The van der Waals surface area contributed by atoms with E-state index in [0.29, 0.717) is 16.7 Å². The summed E-state index contributed by atoms with van der Waals surface area (Å²) in [7, 11) is -4.56. The predicted molar refractivity (Wildman–Crippen MR) is 174 cm³/mol. The van der Waals surface area contributed by atoms with Crippen LogP contribution in [0.25, 0.3) is 11.2 Å². The van der Waals surface area contributed by atoms with Crippen molar-refractivity contribution in [1.82, 2.24) is 19.5 Å². The minimum Gasteiger partial charge on any atom is -0.457 e. The van der Waals surface area contributed by atoms with Crippen LogP contribution in [0, 0.1) is 0 Å². The minimum atomic E-state index is -2.40. The molecule has 0 radical (unpaired) electrons. The number of nitrogens with one attached hydrogen (secondary N) is 1. The van der Waals surface area contributed by atoms with Gasteiger partial charge in [-0.25, -0.2) is 15.0 Å². The van der Waals surface area contributed by atoms with Gasteiger partial charge in [-0.2, -0.15) is 0 Å². The van der Waals surface area contributed by atoms with Crippen molar-refractivity contribution in [3.05, 3.63) is 48.5 Å². The summed E-state index contributed by atoms with van der Waals surface area (Å²) in [4.78, 5) is 38.8. The van der Waals surface area contributed by atoms with Gasteiger partial charge in [0.2, 0.25) is 0 Å². The molecule has 0 spiro atoms. The fourth-order valence-electron chi connectivity index (χ4n) is 4.45. The van der Waals surface area contributed by atoms with Gasteiger partial charge in [-0.15, -0.1) is 0 Å². The summed E-state index contributed by atoms with van der Waals surface area (Å²) < 4.78 is 28.0. The van der Waals surface area contributed by atoms with Crippen molar-refractivity contribution in [2.45, 2.75) is 109 Å². The number of rotatable bonds is 9. The van der Waals surface area contributed by atoms with E-state index in [4.69, 9.17) is 18.3 Å². The summed E-state index contributed by atoms with van der Waals surface area (Å²) in [5, 5.41) is 2.71. The monoisotopic (exact) mass is 641 g/mol. The maximum absolute atomic E-state index is 12.9. The summed E-state index contributed by atoms with van der Waals surface area (Å²) in [6, 6.07) is 8.89. The normalized spacial score (nSPS) is 21.4. The summed E-state index contributed by atoms with van der Waals surface area (Å²) >= 11 is 0. The smallest absolute Gasteiger partial charge is 0.303 e. The molecule has 13 heteroatoms. The number of imidazole rings is 1. The molecule has 3 heterocycles. The number of hydrogen-bond donors (Lipinski definition) is 1. The van der Waals surface area contributed by atoms with Crippen LogP contribution < -0.4 is 5.32 Å². The van der Waals surface area contributed by atoms with Crippen molar-refractivity contribution in [1.29, 1.82) is 0 Å². The zero-order chi connectivity index (χ0) is 32.7. The molecule has 1 aliphatic rings. The first-order valence-corrected chi connectivity index (χ1v) is 20.8. The van der Waals surface area contributed by atoms with Crippen molar-refractivity contribution >= 4 is 45.5 Å². The molecular weight excluding hydrogens is 595 g/mol. The fraction of sp³-hybridized carbons (Fsp3) is 0.581. The van der Waals surface area contributed by atoms with Gasteiger partial charge in [0.25, 0.3) is 5.91 Å². The molecule has 0 bridgehead atoms. The molecule has 1 aliphatic heterocycles. The Bertz CT molecular complexity index is 1480. The molecule has 0 saturated carbocycles. The Morgan fingerprint density at radius 3 is 2.16 bits per heavy atom. The third-order valence-corrected chi connectivity index (χ3v) is 18.1. The molecule has 1 amide bonds. The maximum Gasteiger partial charge on any atom is 0.303 e. The Hall–Kier alpha value is -2.98. The van der Waals surface area contributed by atoms with E-state index in [9.17, 15) is 9.59 Å². The molecule has 4 atom stereocenters. The number of esters is 1. The highest BCUT2D eigenvalue weighted by molar-refractivity contribution is 6.74. The van der Waals surface area contributed by atoms with Crippen LogP contribution in [0.15, 0.2) is 43.0 Å². The van der Waals surface area contributed by atoms with Crippen LogP contribution in [0.3, 0.4) is 0 Å². The average Bonchev–Trinajstić information content (AvgIpc) is 3.48. The SMILES string of the molecule is CC(=O)O[C@H]1[C@@H](O[Si](C)(C)C(C)(C)C)[C@H](n2cnc3c(NC(=O)c4ccccc4)ncnc32)O[C@@H]1CO[Si](C)(C)C(C)(C)C. The van der Waals surface area contributed by atoms with Gasteiger partial charge in [0.15, 0.2) is 45.9 Å². The Labute approximate surface area is 262 Å². The van der Waals surface area contributed by atoms with E-state index < -0.39 is 47.1 Å². The van der Waals surface area contributed by atoms with E-state index in [-0.39, 0.29) is 28.4 Å². The molecule has 1 saturated heterocycles. The number of anilines is 1. The Kier molecular flexibility index (Phi) is 9.58. The summed E-state index contributed by atoms with van der Waals surface area (Å²) in [6.07, 6.45) is 0.256. The van der Waals surface area contributed by atoms with E-state index in [2.05, 4.69) is 88.0 Å². The van der Waals surface area contributed by atoms with Crippen LogP contribution in [-0.2, 0) is 23.1 Å². The second kappa shape index (κ2) is 12.4. The van der Waals surface area contributed by atoms with E-state index in [1.165, 1.54) is 13.3 Å². The molecule has 1 N–H and O–H groups in total. The third kappa shape index (κ3) is 7.12. The van der Waals surface area contributed by atoms with Crippen LogP contribution in [0.4, 0.5) is 5.82 Å². The lowest BCUT2D eigenvalue weighted by Gasteiger charge is -2.40.